The second-order valence-electron chi connectivity index (χ2n) is 4.65. The van der Waals surface area contributed by atoms with Crippen LogP contribution in [0.2, 0.25) is 0 Å². The molecule has 1 aliphatic heterocycles. The van der Waals surface area contributed by atoms with Crippen LogP contribution in [0.15, 0.2) is 58.5 Å². The van der Waals surface area contributed by atoms with Gasteiger partial charge in [-0.25, -0.2) is 0 Å². The summed E-state index contributed by atoms with van der Waals surface area (Å²) in [5.74, 6) is 0.122. The molecule has 1 atom stereocenters. The van der Waals surface area contributed by atoms with Crippen LogP contribution in [0.25, 0.3) is 0 Å². The van der Waals surface area contributed by atoms with Gasteiger partial charge in [0.25, 0.3) is 0 Å². The van der Waals surface area contributed by atoms with Crippen molar-refractivity contribution in [3.05, 3.63) is 58.5 Å². The third-order valence-corrected chi connectivity index (χ3v) is 4.57. The Morgan fingerprint density at radius 1 is 1.47 bits per heavy atom. The van der Waals surface area contributed by atoms with E-state index >= 15 is 0 Å². The minimum absolute atomic E-state index is 0.0538. The summed E-state index contributed by atoms with van der Waals surface area (Å²) in [6.07, 6.45) is 13.9. The molecule has 98 valence electrons. The summed E-state index contributed by atoms with van der Waals surface area (Å²) in [4.78, 5) is 12.0. The van der Waals surface area contributed by atoms with Gasteiger partial charge in [-0.2, -0.15) is 0 Å². The number of rotatable bonds is 2. The molecule has 0 bridgehead atoms. The van der Waals surface area contributed by atoms with Gasteiger partial charge in [0.05, 0.1) is 17.9 Å². The summed E-state index contributed by atoms with van der Waals surface area (Å²) >= 11 is 1.80. The lowest BCUT2D eigenvalue weighted by molar-refractivity contribution is -0.136. The van der Waals surface area contributed by atoms with Crippen LogP contribution >= 0.6 is 11.8 Å². The van der Waals surface area contributed by atoms with Crippen LogP contribution in [-0.4, -0.2) is 16.3 Å². The van der Waals surface area contributed by atoms with E-state index in [1.165, 1.54) is 4.91 Å². The van der Waals surface area contributed by atoms with Crippen molar-refractivity contribution < 1.29 is 14.6 Å². The molecule has 3 nitrogen and oxygen atoms in total. The minimum Gasteiger partial charge on any atom is -0.481 e. The second-order valence-corrected chi connectivity index (χ2v) is 5.89. The van der Waals surface area contributed by atoms with Crippen molar-refractivity contribution in [1.82, 2.24) is 0 Å². The number of thioether (sulfide) groups is 1. The molecule has 0 aromatic rings. The van der Waals surface area contributed by atoms with Crippen molar-refractivity contribution in [3.8, 4) is 0 Å². The molecule has 0 aromatic carbocycles. The fraction of sp³-hybridized carbons (Fsp3) is 0.267. The highest BCUT2D eigenvalue weighted by molar-refractivity contribution is 8.04. The Bertz CT molecular complexity index is 564. The fourth-order valence-electron chi connectivity index (χ4n) is 2.29. The molecule has 4 heteroatoms. The zero-order chi connectivity index (χ0) is 13.2. The van der Waals surface area contributed by atoms with Gasteiger partial charge in [-0.3, -0.25) is 4.79 Å². The Morgan fingerprint density at radius 3 is 3.21 bits per heavy atom. The molecule has 3 aliphatic rings. The zero-order valence-electron chi connectivity index (χ0n) is 10.3. The summed E-state index contributed by atoms with van der Waals surface area (Å²) in [6, 6.07) is 0. The first-order valence-corrected chi connectivity index (χ1v) is 7.14. The van der Waals surface area contributed by atoms with Crippen LogP contribution in [0, 0.1) is 0 Å². The maximum Gasteiger partial charge on any atom is 0.307 e. The number of aliphatic carboxylic acids is 1. The largest absolute Gasteiger partial charge is 0.481 e. The average molecular weight is 274 g/mol. The molecule has 19 heavy (non-hydrogen) atoms. The van der Waals surface area contributed by atoms with E-state index in [2.05, 4.69) is 12.2 Å². The molecular weight excluding hydrogens is 260 g/mol. The number of fused-ring (bicyclic) bond motifs is 1. The summed E-state index contributed by atoms with van der Waals surface area (Å²) in [7, 11) is 0. The molecule has 0 saturated heterocycles. The molecule has 2 aliphatic carbocycles. The molecule has 0 saturated carbocycles. The Morgan fingerprint density at radius 2 is 2.37 bits per heavy atom. The van der Waals surface area contributed by atoms with E-state index in [4.69, 9.17) is 9.84 Å². The Kier molecular flexibility index (Phi) is 3.34. The Hall–Kier alpha value is -1.68. The van der Waals surface area contributed by atoms with Crippen LogP contribution in [0.4, 0.5) is 0 Å². The van der Waals surface area contributed by atoms with Crippen molar-refractivity contribution in [3.63, 3.8) is 0 Å². The monoisotopic (exact) mass is 274 g/mol. The predicted octanol–water partition coefficient (Wildman–Crippen LogP) is 3.53. The zero-order valence-corrected chi connectivity index (χ0v) is 11.2. The molecule has 1 N–H and O–H groups in total. The van der Waals surface area contributed by atoms with Crippen LogP contribution < -0.4 is 0 Å². The third-order valence-electron chi connectivity index (χ3n) is 3.19. The lowest BCUT2D eigenvalue weighted by Gasteiger charge is -2.18. The van der Waals surface area contributed by atoms with Gasteiger partial charge < -0.3 is 9.84 Å². The van der Waals surface area contributed by atoms with Crippen molar-refractivity contribution in [2.24, 2.45) is 0 Å². The van der Waals surface area contributed by atoms with E-state index in [9.17, 15) is 4.79 Å². The quantitative estimate of drug-likeness (QED) is 0.836. The van der Waals surface area contributed by atoms with Gasteiger partial charge >= 0.3 is 5.97 Å². The van der Waals surface area contributed by atoms with Crippen LogP contribution in [0.3, 0.4) is 0 Å². The van der Waals surface area contributed by atoms with E-state index in [1.54, 1.807) is 18.0 Å². The number of carboxylic acids is 1. The summed E-state index contributed by atoms with van der Waals surface area (Å²) in [5, 5.41) is 9.07. The van der Waals surface area contributed by atoms with Crippen LogP contribution in [0.1, 0.15) is 19.3 Å². The number of hydrogen-bond acceptors (Lipinski definition) is 3. The number of allylic oxidation sites excluding steroid dienone is 5. The van der Waals surface area contributed by atoms with Crippen LogP contribution in [-0.2, 0) is 9.53 Å². The predicted molar refractivity (Wildman–Crippen MR) is 75.4 cm³/mol. The summed E-state index contributed by atoms with van der Waals surface area (Å²) in [5.41, 5.74) is 1.85. The Balaban J connectivity index is 1.84. The highest BCUT2D eigenvalue weighted by Gasteiger charge is 2.23. The molecule has 0 radical (unpaired) electrons. The molecule has 0 aromatic heterocycles. The average Bonchev–Trinajstić information content (AvgIpc) is 2.57. The number of ether oxygens (including phenoxy) is 1. The topological polar surface area (TPSA) is 46.5 Å². The van der Waals surface area contributed by atoms with E-state index in [0.29, 0.717) is 0 Å². The van der Waals surface area contributed by atoms with Gasteiger partial charge in [0.1, 0.15) is 5.76 Å². The minimum atomic E-state index is -0.808. The van der Waals surface area contributed by atoms with Crippen molar-refractivity contribution in [1.29, 1.82) is 0 Å². The second kappa shape index (κ2) is 5.13. The first kappa shape index (κ1) is 12.4. The van der Waals surface area contributed by atoms with E-state index in [1.807, 2.05) is 18.2 Å². The highest BCUT2D eigenvalue weighted by atomic mass is 32.2. The lowest BCUT2D eigenvalue weighted by Crippen LogP contribution is -2.08. The maximum atomic E-state index is 10.8. The normalized spacial score (nSPS) is 24.7. The summed E-state index contributed by atoms with van der Waals surface area (Å²) in [6.45, 7) is 0. The smallest absolute Gasteiger partial charge is 0.307 e. The van der Waals surface area contributed by atoms with Crippen molar-refractivity contribution in [2.45, 2.75) is 24.5 Å². The molecule has 0 amide bonds. The molecule has 1 unspecified atom stereocenters. The number of carbonyl (C=O) groups is 1. The first-order chi connectivity index (χ1) is 9.22. The fourth-order valence-corrected chi connectivity index (χ4v) is 3.48. The van der Waals surface area contributed by atoms with Gasteiger partial charge in [-0.15, -0.1) is 11.8 Å². The number of hydrogen-bond donors (Lipinski definition) is 1. The molecule has 0 spiro atoms. The highest BCUT2D eigenvalue weighted by Crippen LogP contribution is 2.40. The third kappa shape index (κ3) is 2.68. The first-order valence-electron chi connectivity index (χ1n) is 6.26. The van der Waals surface area contributed by atoms with E-state index in [-0.39, 0.29) is 11.7 Å². The van der Waals surface area contributed by atoms with E-state index in [0.717, 1.165) is 29.7 Å². The van der Waals surface area contributed by atoms with Gasteiger partial charge in [0.2, 0.25) is 0 Å². The van der Waals surface area contributed by atoms with Gasteiger partial charge in [0, 0.05) is 10.5 Å². The van der Waals surface area contributed by atoms with Gasteiger partial charge in [0.15, 0.2) is 0 Å². The number of carboxylic acid groups (broad SMARTS) is 1. The van der Waals surface area contributed by atoms with Crippen molar-refractivity contribution in [2.75, 3.05) is 0 Å². The lowest BCUT2D eigenvalue weighted by atomic mass is 10.0. The standard InChI is InChI=1S/C15H14O3S/c16-15(17)8-10-5-6-13-11(7-10)9-18-12-3-1-2-4-14(12)19-13/h1,3,5-7,9,13H,2,4,8H2,(H,16,17). The van der Waals surface area contributed by atoms with E-state index < -0.39 is 5.97 Å². The van der Waals surface area contributed by atoms with Gasteiger partial charge in [-0.1, -0.05) is 24.3 Å². The maximum absolute atomic E-state index is 10.8. The molecule has 0 fully saturated rings. The summed E-state index contributed by atoms with van der Waals surface area (Å²) < 4.78 is 5.71. The molecule has 1 heterocycles. The molecular formula is C15H14O3S. The van der Waals surface area contributed by atoms with Gasteiger partial charge in [-0.05, 0) is 24.5 Å². The molecule has 3 rings (SSSR count). The van der Waals surface area contributed by atoms with Crippen molar-refractivity contribution >= 4 is 17.7 Å². The van der Waals surface area contributed by atoms with Crippen LogP contribution in [0.5, 0.6) is 0 Å². The Labute approximate surface area is 116 Å². The SMILES string of the molecule is O=C(O)CC1=CC2=COC3=C(CCC=C3)SC2C=C1.